The first-order valence-electron chi connectivity index (χ1n) is 6.03. The van der Waals surface area contributed by atoms with Crippen molar-refractivity contribution in [3.05, 3.63) is 41.6 Å². The highest BCUT2D eigenvalue weighted by atomic mass is 16.4. The van der Waals surface area contributed by atoms with Gasteiger partial charge in [-0.2, -0.15) is 5.10 Å². The zero-order valence-corrected chi connectivity index (χ0v) is 10.1. The van der Waals surface area contributed by atoms with Crippen LogP contribution >= 0.6 is 0 Å². The van der Waals surface area contributed by atoms with Crippen LogP contribution in [0.2, 0.25) is 0 Å². The Hall–Kier alpha value is -2.10. The lowest BCUT2D eigenvalue weighted by Gasteiger charge is -1.99. The Bertz CT molecular complexity index is 595. The van der Waals surface area contributed by atoms with Gasteiger partial charge in [-0.05, 0) is 30.4 Å². The molecule has 4 nitrogen and oxygen atoms in total. The second-order valence-corrected chi connectivity index (χ2v) is 4.74. The van der Waals surface area contributed by atoms with E-state index in [1.54, 1.807) is 13.1 Å². The summed E-state index contributed by atoms with van der Waals surface area (Å²) in [4.78, 5) is 11.0. The van der Waals surface area contributed by atoms with Crippen molar-refractivity contribution in [3.8, 4) is 11.3 Å². The third-order valence-electron chi connectivity index (χ3n) is 3.35. The Labute approximate surface area is 105 Å². The van der Waals surface area contributed by atoms with E-state index in [1.807, 2.05) is 12.1 Å². The number of rotatable bonds is 3. The summed E-state index contributed by atoms with van der Waals surface area (Å²) in [5.41, 5.74) is 3.24. The first-order chi connectivity index (χ1) is 8.65. The molecule has 18 heavy (non-hydrogen) atoms. The second kappa shape index (κ2) is 3.98. The zero-order chi connectivity index (χ0) is 12.7. The van der Waals surface area contributed by atoms with Crippen LogP contribution in [0.15, 0.2) is 30.3 Å². The highest BCUT2D eigenvalue weighted by Crippen LogP contribution is 2.40. The standard InChI is InChI=1S/C14H14N2O2/c1-16-13(14(17)18)8-12(15-16)11-6-4-10(5-7-11)9-2-3-9/h4-9H,2-3H2,1H3,(H,17,18). The van der Waals surface area contributed by atoms with Gasteiger partial charge in [0.05, 0.1) is 5.69 Å². The van der Waals surface area contributed by atoms with Gasteiger partial charge in [-0.3, -0.25) is 4.68 Å². The van der Waals surface area contributed by atoms with Crippen LogP contribution in [0.3, 0.4) is 0 Å². The monoisotopic (exact) mass is 242 g/mol. The molecule has 0 spiro atoms. The summed E-state index contributed by atoms with van der Waals surface area (Å²) in [5, 5.41) is 13.2. The highest BCUT2D eigenvalue weighted by molar-refractivity contribution is 5.87. The van der Waals surface area contributed by atoms with Gasteiger partial charge in [-0.1, -0.05) is 24.3 Å². The van der Waals surface area contributed by atoms with Crippen molar-refractivity contribution >= 4 is 5.97 Å². The number of hydrogen-bond donors (Lipinski definition) is 1. The average Bonchev–Trinajstić information content (AvgIpc) is 3.12. The van der Waals surface area contributed by atoms with Gasteiger partial charge in [0.1, 0.15) is 5.69 Å². The smallest absolute Gasteiger partial charge is 0.354 e. The molecule has 0 amide bonds. The molecule has 0 aliphatic heterocycles. The quantitative estimate of drug-likeness (QED) is 0.900. The van der Waals surface area contributed by atoms with Gasteiger partial charge in [-0.15, -0.1) is 0 Å². The molecule has 4 heteroatoms. The van der Waals surface area contributed by atoms with Crippen LogP contribution in [0.1, 0.15) is 34.8 Å². The molecule has 1 aliphatic carbocycles. The Morgan fingerprint density at radius 1 is 1.33 bits per heavy atom. The molecule has 1 N–H and O–H groups in total. The molecule has 92 valence electrons. The predicted molar refractivity (Wildman–Crippen MR) is 67.6 cm³/mol. The van der Waals surface area contributed by atoms with Crippen molar-refractivity contribution in [1.82, 2.24) is 9.78 Å². The van der Waals surface area contributed by atoms with E-state index in [0.29, 0.717) is 5.69 Å². The topological polar surface area (TPSA) is 55.1 Å². The number of aromatic nitrogens is 2. The maximum absolute atomic E-state index is 11.0. The SMILES string of the molecule is Cn1nc(-c2ccc(C3CC3)cc2)cc1C(=O)O. The Morgan fingerprint density at radius 3 is 2.50 bits per heavy atom. The molecular formula is C14H14N2O2. The second-order valence-electron chi connectivity index (χ2n) is 4.74. The Kier molecular flexibility index (Phi) is 2.44. The Balaban J connectivity index is 1.93. The highest BCUT2D eigenvalue weighted by Gasteiger charge is 2.23. The molecule has 1 heterocycles. The number of benzene rings is 1. The molecule has 0 bridgehead atoms. The van der Waals surface area contributed by atoms with Crippen LogP contribution in [0.4, 0.5) is 0 Å². The van der Waals surface area contributed by atoms with E-state index in [4.69, 9.17) is 5.11 Å². The Morgan fingerprint density at radius 2 is 2.00 bits per heavy atom. The number of carbonyl (C=O) groups is 1. The van der Waals surface area contributed by atoms with Crippen molar-refractivity contribution < 1.29 is 9.90 Å². The van der Waals surface area contributed by atoms with Crippen LogP contribution in [-0.2, 0) is 7.05 Å². The van der Waals surface area contributed by atoms with Crippen LogP contribution in [0, 0.1) is 0 Å². The summed E-state index contributed by atoms with van der Waals surface area (Å²) >= 11 is 0. The van der Waals surface area contributed by atoms with E-state index >= 15 is 0 Å². The number of nitrogens with zero attached hydrogens (tertiary/aromatic N) is 2. The van der Waals surface area contributed by atoms with Crippen molar-refractivity contribution in [3.63, 3.8) is 0 Å². The van der Waals surface area contributed by atoms with Crippen LogP contribution in [-0.4, -0.2) is 20.9 Å². The largest absolute Gasteiger partial charge is 0.477 e. The minimum absolute atomic E-state index is 0.205. The summed E-state index contributed by atoms with van der Waals surface area (Å²) < 4.78 is 1.40. The lowest BCUT2D eigenvalue weighted by molar-refractivity contribution is 0.0685. The summed E-state index contributed by atoms with van der Waals surface area (Å²) in [6.07, 6.45) is 2.57. The van der Waals surface area contributed by atoms with E-state index < -0.39 is 5.97 Å². The van der Waals surface area contributed by atoms with Gasteiger partial charge >= 0.3 is 5.97 Å². The first kappa shape index (κ1) is 11.0. The van der Waals surface area contributed by atoms with E-state index in [1.165, 1.54) is 23.1 Å². The molecule has 1 fully saturated rings. The van der Waals surface area contributed by atoms with Gasteiger partial charge in [0.2, 0.25) is 0 Å². The first-order valence-corrected chi connectivity index (χ1v) is 6.03. The van der Waals surface area contributed by atoms with Crippen LogP contribution < -0.4 is 0 Å². The molecule has 0 radical (unpaired) electrons. The van der Waals surface area contributed by atoms with Gasteiger partial charge in [-0.25, -0.2) is 4.79 Å². The third kappa shape index (κ3) is 1.90. The number of aromatic carboxylic acids is 1. The van der Waals surface area contributed by atoms with Gasteiger partial charge in [0.25, 0.3) is 0 Å². The van der Waals surface area contributed by atoms with Gasteiger partial charge < -0.3 is 5.11 Å². The van der Waals surface area contributed by atoms with Gasteiger partial charge in [0.15, 0.2) is 0 Å². The van der Waals surface area contributed by atoms with Crippen LogP contribution in [0.5, 0.6) is 0 Å². The molecule has 0 unspecified atom stereocenters. The maximum Gasteiger partial charge on any atom is 0.354 e. The maximum atomic E-state index is 11.0. The average molecular weight is 242 g/mol. The van der Waals surface area contributed by atoms with E-state index in [-0.39, 0.29) is 5.69 Å². The van der Waals surface area contributed by atoms with Crippen LogP contribution in [0.25, 0.3) is 11.3 Å². The van der Waals surface area contributed by atoms with Crippen molar-refractivity contribution in [2.24, 2.45) is 7.05 Å². The van der Waals surface area contributed by atoms with Crippen molar-refractivity contribution in [1.29, 1.82) is 0 Å². The van der Waals surface area contributed by atoms with Crippen molar-refractivity contribution in [2.45, 2.75) is 18.8 Å². The molecule has 2 aromatic rings. The number of aryl methyl sites for hydroxylation is 1. The lowest BCUT2D eigenvalue weighted by Crippen LogP contribution is -2.04. The predicted octanol–water partition coefficient (Wildman–Crippen LogP) is 2.66. The summed E-state index contributed by atoms with van der Waals surface area (Å²) in [5.74, 6) is -0.219. The normalized spacial score (nSPS) is 14.7. The lowest BCUT2D eigenvalue weighted by atomic mass is 10.1. The van der Waals surface area contributed by atoms with E-state index in [0.717, 1.165) is 11.5 Å². The molecule has 1 aromatic carbocycles. The summed E-state index contributed by atoms with van der Waals surface area (Å²) in [6.45, 7) is 0. The molecule has 0 atom stereocenters. The third-order valence-corrected chi connectivity index (χ3v) is 3.35. The minimum atomic E-state index is -0.953. The van der Waals surface area contributed by atoms with E-state index in [9.17, 15) is 4.79 Å². The van der Waals surface area contributed by atoms with E-state index in [2.05, 4.69) is 17.2 Å². The number of hydrogen-bond acceptors (Lipinski definition) is 2. The molecule has 1 aromatic heterocycles. The molecular weight excluding hydrogens is 228 g/mol. The molecule has 0 saturated heterocycles. The number of carboxylic acids is 1. The van der Waals surface area contributed by atoms with Gasteiger partial charge in [0, 0.05) is 12.6 Å². The minimum Gasteiger partial charge on any atom is -0.477 e. The zero-order valence-electron chi connectivity index (χ0n) is 10.1. The summed E-state index contributed by atoms with van der Waals surface area (Å²) in [7, 11) is 1.64. The molecule has 1 saturated carbocycles. The van der Waals surface area contributed by atoms with Crippen molar-refractivity contribution in [2.75, 3.05) is 0 Å². The fraction of sp³-hybridized carbons (Fsp3) is 0.286. The number of carboxylic acid groups (broad SMARTS) is 1. The fourth-order valence-electron chi connectivity index (χ4n) is 2.15. The molecule has 1 aliphatic rings. The fourth-order valence-corrected chi connectivity index (χ4v) is 2.15. The summed E-state index contributed by atoms with van der Waals surface area (Å²) in [6, 6.07) is 9.86. The molecule has 3 rings (SSSR count).